The Morgan fingerprint density at radius 2 is 1.44 bits per heavy atom. The SMILES string of the molecule is CCCCOC(=O)CCN(CCCC)CCCC. The van der Waals surface area contributed by atoms with Crippen LogP contribution in [0.3, 0.4) is 0 Å². The van der Waals surface area contributed by atoms with Gasteiger partial charge in [-0.3, -0.25) is 4.79 Å². The molecule has 0 rings (SSSR count). The molecular weight excluding hydrogens is 226 g/mol. The van der Waals surface area contributed by atoms with Crippen LogP contribution in [0.2, 0.25) is 0 Å². The summed E-state index contributed by atoms with van der Waals surface area (Å²) in [4.78, 5) is 13.9. The van der Waals surface area contributed by atoms with Crippen LogP contribution in [0, 0.1) is 0 Å². The lowest BCUT2D eigenvalue weighted by molar-refractivity contribution is -0.144. The molecule has 0 saturated heterocycles. The molecule has 0 aromatic heterocycles. The van der Waals surface area contributed by atoms with Crippen LogP contribution in [0.4, 0.5) is 0 Å². The van der Waals surface area contributed by atoms with E-state index in [4.69, 9.17) is 4.74 Å². The van der Waals surface area contributed by atoms with Crippen molar-refractivity contribution >= 4 is 5.97 Å². The molecule has 0 bridgehead atoms. The van der Waals surface area contributed by atoms with E-state index in [1.54, 1.807) is 0 Å². The fraction of sp³-hybridized carbons (Fsp3) is 0.933. The molecule has 0 spiro atoms. The van der Waals surface area contributed by atoms with Gasteiger partial charge in [-0.05, 0) is 32.4 Å². The monoisotopic (exact) mass is 257 g/mol. The lowest BCUT2D eigenvalue weighted by atomic mass is 10.2. The van der Waals surface area contributed by atoms with Crippen molar-refractivity contribution in [2.75, 3.05) is 26.2 Å². The summed E-state index contributed by atoms with van der Waals surface area (Å²) < 4.78 is 5.18. The third-order valence-corrected chi connectivity index (χ3v) is 3.05. The summed E-state index contributed by atoms with van der Waals surface area (Å²) in [6.07, 6.45) is 7.45. The highest BCUT2D eigenvalue weighted by Gasteiger charge is 2.08. The molecule has 0 aliphatic heterocycles. The van der Waals surface area contributed by atoms with Gasteiger partial charge in [0.05, 0.1) is 13.0 Å². The number of ether oxygens (including phenoxy) is 1. The lowest BCUT2D eigenvalue weighted by Crippen LogP contribution is -2.29. The molecule has 0 unspecified atom stereocenters. The molecule has 0 saturated carbocycles. The van der Waals surface area contributed by atoms with Gasteiger partial charge in [0.1, 0.15) is 0 Å². The standard InChI is InChI=1S/C15H31NO2/c1-4-7-11-16(12-8-5-2)13-10-15(17)18-14-9-6-3/h4-14H2,1-3H3. The zero-order chi connectivity index (χ0) is 13.6. The summed E-state index contributed by atoms with van der Waals surface area (Å²) in [5.74, 6) is -0.0403. The Kier molecular flexibility index (Phi) is 12.5. The Morgan fingerprint density at radius 3 is 1.94 bits per heavy atom. The van der Waals surface area contributed by atoms with Gasteiger partial charge in [-0.2, -0.15) is 0 Å². The van der Waals surface area contributed by atoms with E-state index in [0.29, 0.717) is 13.0 Å². The van der Waals surface area contributed by atoms with E-state index in [-0.39, 0.29) is 5.97 Å². The molecule has 108 valence electrons. The first-order chi connectivity index (χ1) is 8.74. The summed E-state index contributed by atoms with van der Waals surface area (Å²) in [7, 11) is 0. The van der Waals surface area contributed by atoms with Crippen LogP contribution in [0.25, 0.3) is 0 Å². The molecule has 0 heterocycles. The van der Waals surface area contributed by atoms with Crippen LogP contribution in [0.1, 0.15) is 65.7 Å². The zero-order valence-electron chi connectivity index (χ0n) is 12.5. The Hall–Kier alpha value is -0.570. The topological polar surface area (TPSA) is 29.5 Å². The van der Waals surface area contributed by atoms with Crippen molar-refractivity contribution in [3.63, 3.8) is 0 Å². The number of esters is 1. The second-order valence-electron chi connectivity index (χ2n) is 4.87. The van der Waals surface area contributed by atoms with Gasteiger partial charge >= 0.3 is 5.97 Å². The molecule has 3 heteroatoms. The van der Waals surface area contributed by atoms with E-state index in [1.807, 2.05) is 0 Å². The first-order valence-corrected chi connectivity index (χ1v) is 7.62. The van der Waals surface area contributed by atoms with Crippen molar-refractivity contribution in [3.8, 4) is 0 Å². The van der Waals surface area contributed by atoms with Crippen LogP contribution < -0.4 is 0 Å². The van der Waals surface area contributed by atoms with Gasteiger partial charge < -0.3 is 9.64 Å². The fourth-order valence-corrected chi connectivity index (χ4v) is 1.75. The largest absolute Gasteiger partial charge is 0.466 e. The number of nitrogens with zero attached hydrogens (tertiary/aromatic N) is 1. The van der Waals surface area contributed by atoms with Crippen LogP contribution in [-0.4, -0.2) is 37.1 Å². The summed E-state index contributed by atoms with van der Waals surface area (Å²) in [6.45, 7) is 10.2. The summed E-state index contributed by atoms with van der Waals surface area (Å²) in [5, 5.41) is 0. The molecular formula is C15H31NO2. The average molecular weight is 257 g/mol. The van der Waals surface area contributed by atoms with E-state index in [0.717, 1.165) is 32.5 Å². The smallest absolute Gasteiger partial charge is 0.307 e. The van der Waals surface area contributed by atoms with Crippen molar-refractivity contribution < 1.29 is 9.53 Å². The van der Waals surface area contributed by atoms with E-state index < -0.39 is 0 Å². The molecule has 0 radical (unpaired) electrons. The minimum Gasteiger partial charge on any atom is -0.466 e. The maximum atomic E-state index is 11.5. The second-order valence-corrected chi connectivity index (χ2v) is 4.87. The molecule has 0 aromatic carbocycles. The van der Waals surface area contributed by atoms with Crippen molar-refractivity contribution in [1.82, 2.24) is 4.90 Å². The number of hydrogen-bond acceptors (Lipinski definition) is 3. The highest BCUT2D eigenvalue weighted by Crippen LogP contribution is 2.01. The van der Waals surface area contributed by atoms with Crippen LogP contribution in [0.15, 0.2) is 0 Å². The summed E-state index contributed by atoms with van der Waals surface area (Å²) in [6, 6.07) is 0. The fourth-order valence-electron chi connectivity index (χ4n) is 1.75. The van der Waals surface area contributed by atoms with Gasteiger partial charge in [0.25, 0.3) is 0 Å². The second kappa shape index (κ2) is 12.9. The van der Waals surface area contributed by atoms with Gasteiger partial charge in [0.2, 0.25) is 0 Å². The van der Waals surface area contributed by atoms with Gasteiger partial charge in [-0.1, -0.05) is 40.0 Å². The van der Waals surface area contributed by atoms with Crippen molar-refractivity contribution in [2.24, 2.45) is 0 Å². The quantitative estimate of drug-likeness (QED) is 0.395. The van der Waals surface area contributed by atoms with Gasteiger partial charge in [-0.15, -0.1) is 0 Å². The van der Waals surface area contributed by atoms with Crippen LogP contribution in [-0.2, 0) is 9.53 Å². The third kappa shape index (κ3) is 10.6. The third-order valence-electron chi connectivity index (χ3n) is 3.05. The Morgan fingerprint density at radius 1 is 0.889 bits per heavy atom. The predicted molar refractivity (Wildman–Crippen MR) is 76.7 cm³/mol. The molecule has 18 heavy (non-hydrogen) atoms. The molecule has 0 aromatic rings. The van der Waals surface area contributed by atoms with Gasteiger partial charge in [0, 0.05) is 6.54 Å². The highest BCUT2D eigenvalue weighted by atomic mass is 16.5. The highest BCUT2D eigenvalue weighted by molar-refractivity contribution is 5.69. The molecule has 0 fully saturated rings. The zero-order valence-corrected chi connectivity index (χ0v) is 12.5. The summed E-state index contributed by atoms with van der Waals surface area (Å²) in [5.41, 5.74) is 0. The van der Waals surface area contributed by atoms with Gasteiger partial charge in [-0.25, -0.2) is 0 Å². The average Bonchev–Trinajstić information content (AvgIpc) is 2.38. The number of carbonyl (C=O) groups excluding carboxylic acids is 1. The molecule has 0 aliphatic rings. The first-order valence-electron chi connectivity index (χ1n) is 7.62. The van der Waals surface area contributed by atoms with Crippen molar-refractivity contribution in [3.05, 3.63) is 0 Å². The number of carbonyl (C=O) groups is 1. The van der Waals surface area contributed by atoms with Crippen molar-refractivity contribution in [2.45, 2.75) is 65.7 Å². The molecule has 0 N–H and O–H groups in total. The Labute approximate surface area is 113 Å². The number of rotatable bonds is 12. The van der Waals surface area contributed by atoms with Crippen LogP contribution >= 0.6 is 0 Å². The molecule has 3 nitrogen and oxygen atoms in total. The Bertz CT molecular complexity index is 187. The first kappa shape index (κ1) is 17.4. The molecule has 0 aliphatic carbocycles. The number of unbranched alkanes of at least 4 members (excludes halogenated alkanes) is 3. The van der Waals surface area contributed by atoms with E-state index in [1.165, 1.54) is 25.7 Å². The Balaban J connectivity index is 3.74. The summed E-state index contributed by atoms with van der Waals surface area (Å²) >= 11 is 0. The molecule has 0 atom stereocenters. The number of hydrogen-bond donors (Lipinski definition) is 0. The maximum absolute atomic E-state index is 11.5. The van der Waals surface area contributed by atoms with E-state index >= 15 is 0 Å². The molecule has 0 amide bonds. The van der Waals surface area contributed by atoms with Gasteiger partial charge in [0.15, 0.2) is 0 Å². The minimum atomic E-state index is -0.0403. The maximum Gasteiger partial charge on any atom is 0.307 e. The van der Waals surface area contributed by atoms with E-state index in [2.05, 4.69) is 25.7 Å². The predicted octanol–water partition coefficient (Wildman–Crippen LogP) is 3.62. The lowest BCUT2D eigenvalue weighted by Gasteiger charge is -2.21. The minimum absolute atomic E-state index is 0.0403. The van der Waals surface area contributed by atoms with Crippen molar-refractivity contribution in [1.29, 1.82) is 0 Å². The van der Waals surface area contributed by atoms with Crippen LogP contribution in [0.5, 0.6) is 0 Å². The normalized spacial score (nSPS) is 10.9. The van der Waals surface area contributed by atoms with E-state index in [9.17, 15) is 4.79 Å².